The van der Waals surface area contributed by atoms with Gasteiger partial charge in [0.05, 0.1) is 0 Å². The van der Waals surface area contributed by atoms with Crippen molar-refractivity contribution in [2.75, 3.05) is 5.32 Å². The van der Waals surface area contributed by atoms with E-state index >= 15 is 0 Å². The van der Waals surface area contributed by atoms with Gasteiger partial charge in [-0.3, -0.25) is 0 Å². The number of anilines is 1. The van der Waals surface area contributed by atoms with Gasteiger partial charge in [-0.05, 0) is 35.6 Å². The van der Waals surface area contributed by atoms with Gasteiger partial charge >= 0.3 is 0 Å². The molecule has 0 bridgehead atoms. The van der Waals surface area contributed by atoms with Crippen molar-refractivity contribution in [1.29, 1.82) is 0 Å². The number of halogens is 1. The van der Waals surface area contributed by atoms with Gasteiger partial charge < -0.3 is 15.6 Å². The molecule has 0 aliphatic rings. The number of guanidine groups is 1. The Hall–Kier alpha value is -2.35. The Kier molecular flexibility index (Phi) is 8.50. The molecule has 0 aliphatic carbocycles. The molecule has 0 fully saturated rings. The molecule has 0 aliphatic heterocycles. The highest BCUT2D eigenvalue weighted by Crippen LogP contribution is 2.20. The Morgan fingerprint density at radius 1 is 1.14 bits per heavy atom. The fraction of sp³-hybridized carbons (Fsp3) is 0.273. The number of nitrogens with two attached hydrogens (primary N) is 1. The summed E-state index contributed by atoms with van der Waals surface area (Å²) in [5.74, 6) is 1.84. The predicted octanol–water partition coefficient (Wildman–Crippen LogP) is 4.99. The molecule has 3 rings (SSSR count). The molecule has 6 heteroatoms. The maximum Gasteiger partial charge on any atom is 0.193 e. The van der Waals surface area contributed by atoms with Crippen LogP contribution >= 0.6 is 24.0 Å². The lowest BCUT2D eigenvalue weighted by Crippen LogP contribution is -2.23. The van der Waals surface area contributed by atoms with E-state index in [1.807, 2.05) is 36.5 Å². The first-order chi connectivity index (χ1) is 13.2. The van der Waals surface area contributed by atoms with Crippen LogP contribution < -0.4 is 11.1 Å². The van der Waals surface area contributed by atoms with Crippen LogP contribution in [0, 0.1) is 0 Å². The second-order valence-electron chi connectivity index (χ2n) is 6.71. The van der Waals surface area contributed by atoms with Crippen LogP contribution in [-0.4, -0.2) is 15.5 Å². The van der Waals surface area contributed by atoms with Gasteiger partial charge in [0, 0.05) is 24.6 Å². The summed E-state index contributed by atoms with van der Waals surface area (Å²) in [5, 5.41) is 3.15. The number of rotatable bonds is 7. The highest BCUT2D eigenvalue weighted by molar-refractivity contribution is 14.0. The average molecular weight is 489 g/mol. The van der Waals surface area contributed by atoms with Crippen molar-refractivity contribution in [2.24, 2.45) is 10.7 Å². The normalized spacial score (nSPS) is 12.3. The maximum absolute atomic E-state index is 6.05. The first-order valence-corrected chi connectivity index (χ1v) is 9.36. The fourth-order valence-corrected chi connectivity index (χ4v) is 2.89. The van der Waals surface area contributed by atoms with Gasteiger partial charge in [0.15, 0.2) is 5.96 Å². The van der Waals surface area contributed by atoms with Crippen LogP contribution in [0.25, 0.3) is 0 Å². The van der Waals surface area contributed by atoms with Crippen LogP contribution in [0.1, 0.15) is 43.1 Å². The van der Waals surface area contributed by atoms with Crippen molar-refractivity contribution >= 4 is 35.6 Å². The van der Waals surface area contributed by atoms with Crippen molar-refractivity contribution in [2.45, 2.75) is 39.3 Å². The largest absolute Gasteiger partial charge is 0.370 e. The average Bonchev–Trinajstić information content (AvgIpc) is 3.14. The third-order valence-corrected chi connectivity index (χ3v) is 4.75. The van der Waals surface area contributed by atoms with E-state index in [0.717, 1.165) is 24.5 Å². The number of hydrogen-bond donors (Lipinski definition) is 2. The molecule has 1 atom stereocenters. The molecule has 1 heterocycles. The fourth-order valence-electron chi connectivity index (χ4n) is 2.89. The summed E-state index contributed by atoms with van der Waals surface area (Å²) in [7, 11) is 0. The van der Waals surface area contributed by atoms with Gasteiger partial charge in [-0.2, -0.15) is 0 Å². The Morgan fingerprint density at radius 3 is 2.54 bits per heavy atom. The van der Waals surface area contributed by atoms with Gasteiger partial charge in [-0.15, -0.1) is 24.0 Å². The first-order valence-electron chi connectivity index (χ1n) is 9.36. The van der Waals surface area contributed by atoms with Crippen molar-refractivity contribution in [1.82, 2.24) is 9.55 Å². The van der Waals surface area contributed by atoms with E-state index in [1.165, 1.54) is 11.1 Å². The zero-order valence-corrected chi connectivity index (χ0v) is 18.7. The van der Waals surface area contributed by atoms with Crippen LogP contribution in [0.2, 0.25) is 0 Å². The number of imidazole rings is 1. The van der Waals surface area contributed by atoms with E-state index in [2.05, 4.69) is 58.0 Å². The monoisotopic (exact) mass is 489 g/mol. The molecular formula is C22H28IN5. The Labute approximate surface area is 184 Å². The quantitative estimate of drug-likeness (QED) is 0.279. The van der Waals surface area contributed by atoms with E-state index < -0.39 is 0 Å². The Bertz CT molecular complexity index is 871. The second kappa shape index (κ2) is 10.8. The SMILES string of the molecule is CCC(C)c1ccc(NC(N)=NCc2nccn2Cc2ccccc2)cc1.I. The molecule has 3 aromatic rings. The molecule has 0 saturated heterocycles. The minimum atomic E-state index is 0. The van der Waals surface area contributed by atoms with Crippen LogP contribution in [0.5, 0.6) is 0 Å². The van der Waals surface area contributed by atoms with Crippen molar-refractivity contribution in [3.63, 3.8) is 0 Å². The molecule has 3 N–H and O–H groups in total. The molecule has 0 saturated carbocycles. The number of aliphatic imine (C=N–C) groups is 1. The van der Waals surface area contributed by atoms with Gasteiger partial charge in [0.25, 0.3) is 0 Å². The lowest BCUT2D eigenvalue weighted by atomic mass is 9.99. The van der Waals surface area contributed by atoms with Crippen LogP contribution in [0.4, 0.5) is 5.69 Å². The third kappa shape index (κ3) is 6.09. The number of nitrogens with one attached hydrogen (secondary N) is 1. The second-order valence-corrected chi connectivity index (χ2v) is 6.71. The molecule has 5 nitrogen and oxygen atoms in total. The molecular weight excluding hydrogens is 461 g/mol. The van der Waals surface area contributed by atoms with Gasteiger partial charge in [-0.25, -0.2) is 9.98 Å². The molecule has 0 radical (unpaired) electrons. The van der Waals surface area contributed by atoms with Gasteiger partial charge in [0.1, 0.15) is 12.4 Å². The van der Waals surface area contributed by atoms with Crippen LogP contribution in [-0.2, 0) is 13.1 Å². The van der Waals surface area contributed by atoms with E-state index in [9.17, 15) is 0 Å². The molecule has 28 heavy (non-hydrogen) atoms. The topological polar surface area (TPSA) is 68.2 Å². The highest BCUT2D eigenvalue weighted by Gasteiger charge is 2.05. The molecule has 0 amide bonds. The zero-order valence-electron chi connectivity index (χ0n) is 16.4. The predicted molar refractivity (Wildman–Crippen MR) is 127 cm³/mol. The third-order valence-electron chi connectivity index (χ3n) is 4.75. The summed E-state index contributed by atoms with van der Waals surface area (Å²) in [5.41, 5.74) is 9.56. The molecule has 1 unspecified atom stereocenters. The molecule has 2 aromatic carbocycles. The van der Waals surface area contributed by atoms with E-state index in [-0.39, 0.29) is 24.0 Å². The Balaban J connectivity index is 0.00000280. The Morgan fingerprint density at radius 2 is 1.86 bits per heavy atom. The molecule has 1 aromatic heterocycles. The zero-order chi connectivity index (χ0) is 19.1. The van der Waals surface area contributed by atoms with Gasteiger partial charge in [0.2, 0.25) is 0 Å². The van der Waals surface area contributed by atoms with E-state index in [1.54, 1.807) is 6.20 Å². The summed E-state index contributed by atoms with van der Waals surface area (Å²) in [6, 6.07) is 18.7. The van der Waals surface area contributed by atoms with Crippen molar-refractivity contribution in [3.05, 3.63) is 83.9 Å². The maximum atomic E-state index is 6.05. The summed E-state index contributed by atoms with van der Waals surface area (Å²) >= 11 is 0. The summed E-state index contributed by atoms with van der Waals surface area (Å²) in [4.78, 5) is 8.84. The minimum Gasteiger partial charge on any atom is -0.370 e. The van der Waals surface area contributed by atoms with Crippen molar-refractivity contribution < 1.29 is 0 Å². The van der Waals surface area contributed by atoms with Crippen LogP contribution in [0.3, 0.4) is 0 Å². The number of hydrogen-bond acceptors (Lipinski definition) is 2. The van der Waals surface area contributed by atoms with Crippen LogP contribution in [0.15, 0.2) is 72.0 Å². The lowest BCUT2D eigenvalue weighted by Gasteiger charge is -2.11. The molecule has 148 valence electrons. The summed E-state index contributed by atoms with van der Waals surface area (Å²) in [6.45, 7) is 5.64. The number of aromatic nitrogens is 2. The smallest absolute Gasteiger partial charge is 0.193 e. The van der Waals surface area contributed by atoms with Gasteiger partial charge in [-0.1, -0.05) is 56.3 Å². The first kappa shape index (κ1) is 21.9. The lowest BCUT2D eigenvalue weighted by molar-refractivity contribution is 0.724. The molecule has 0 spiro atoms. The number of benzene rings is 2. The van der Waals surface area contributed by atoms with E-state index in [4.69, 9.17) is 5.73 Å². The summed E-state index contributed by atoms with van der Waals surface area (Å²) in [6.07, 6.45) is 4.89. The minimum absolute atomic E-state index is 0. The standard InChI is InChI=1S/C22H27N5.HI/c1-3-17(2)19-9-11-20(12-10-19)26-22(23)25-15-21-24-13-14-27(21)16-18-7-5-4-6-8-18;/h4-14,17H,3,15-16H2,1-2H3,(H3,23,25,26);1H. The van der Waals surface area contributed by atoms with E-state index in [0.29, 0.717) is 18.4 Å². The summed E-state index contributed by atoms with van der Waals surface area (Å²) < 4.78 is 2.09. The van der Waals surface area contributed by atoms with Crippen molar-refractivity contribution in [3.8, 4) is 0 Å². The number of nitrogens with zero attached hydrogens (tertiary/aromatic N) is 3. The highest BCUT2D eigenvalue weighted by atomic mass is 127.